The molecular weight excluding hydrogens is 438 g/mol. The number of fused-ring (bicyclic) bond motifs is 1. The van der Waals surface area contributed by atoms with Gasteiger partial charge in [-0.05, 0) is 18.4 Å². The highest BCUT2D eigenvalue weighted by atomic mass is 79.9. The number of carbonyl (C=O) groups excluding carboxylic acids is 2. The van der Waals surface area contributed by atoms with Crippen LogP contribution < -0.4 is 16.8 Å². The molecule has 10 heteroatoms. The molecule has 7 nitrogen and oxygen atoms in total. The summed E-state index contributed by atoms with van der Waals surface area (Å²) < 4.78 is 0. The predicted octanol–water partition coefficient (Wildman–Crippen LogP) is 3.09. The minimum Gasteiger partial charge on any atom is -0.397 e. The number of nitrogens with two attached hydrogens (primary N) is 2. The minimum atomic E-state index is -0.597. The summed E-state index contributed by atoms with van der Waals surface area (Å²) in [5, 5.41) is 4.12. The number of nitrogens with one attached hydrogen (secondary N) is 1. The van der Waals surface area contributed by atoms with Gasteiger partial charge in [0.2, 0.25) is 5.91 Å². The summed E-state index contributed by atoms with van der Waals surface area (Å²) in [6, 6.07) is 7.25. The lowest BCUT2D eigenvalue weighted by Gasteiger charge is -2.09. The number of primary amides is 1. The van der Waals surface area contributed by atoms with Gasteiger partial charge in [-0.1, -0.05) is 39.8 Å². The fourth-order valence-corrected chi connectivity index (χ4v) is 3.93. The molecule has 0 unspecified atom stereocenters. The van der Waals surface area contributed by atoms with Crippen LogP contribution in [0, 0.1) is 0 Å². The Bertz CT molecular complexity index is 1020. The molecule has 2 aromatic heterocycles. The average Bonchev–Trinajstić information content (AvgIpc) is 2.98. The maximum atomic E-state index is 11.6. The molecule has 0 spiro atoms. The van der Waals surface area contributed by atoms with Gasteiger partial charge in [0, 0.05) is 11.3 Å². The van der Waals surface area contributed by atoms with Crippen molar-refractivity contribution in [3.05, 3.63) is 29.1 Å². The van der Waals surface area contributed by atoms with Gasteiger partial charge in [0.25, 0.3) is 5.91 Å². The zero-order chi connectivity index (χ0) is 18.8. The van der Waals surface area contributed by atoms with Crippen molar-refractivity contribution in [2.24, 2.45) is 5.73 Å². The summed E-state index contributed by atoms with van der Waals surface area (Å²) in [5.74, 6) is -0.758. The van der Waals surface area contributed by atoms with Crippen molar-refractivity contribution in [3.63, 3.8) is 0 Å². The highest BCUT2D eigenvalue weighted by molar-refractivity contribution is 9.09. The fraction of sp³-hybridized carbons (Fsp3) is 0.125. The van der Waals surface area contributed by atoms with Gasteiger partial charge >= 0.3 is 0 Å². The largest absolute Gasteiger partial charge is 0.397 e. The number of benzene rings is 1. The predicted molar refractivity (Wildman–Crippen MR) is 110 cm³/mol. The number of nitrogens with zero attached hydrogens (tertiary/aromatic N) is 2. The number of amides is 2. The van der Waals surface area contributed by atoms with E-state index in [9.17, 15) is 9.59 Å². The molecule has 0 aliphatic carbocycles. The highest BCUT2D eigenvalue weighted by Crippen LogP contribution is 2.39. The van der Waals surface area contributed by atoms with Crippen molar-refractivity contribution < 1.29 is 9.59 Å². The maximum Gasteiger partial charge on any atom is 0.260 e. The van der Waals surface area contributed by atoms with Gasteiger partial charge in [0.1, 0.15) is 9.71 Å². The van der Waals surface area contributed by atoms with Crippen LogP contribution in [0.1, 0.15) is 9.67 Å². The number of hydrogen-bond acceptors (Lipinski definition) is 7. The van der Waals surface area contributed by atoms with E-state index in [-0.39, 0.29) is 21.8 Å². The van der Waals surface area contributed by atoms with E-state index in [1.165, 1.54) is 11.8 Å². The van der Waals surface area contributed by atoms with E-state index in [1.807, 2.05) is 18.4 Å². The number of thiophene rings is 1. The van der Waals surface area contributed by atoms with Gasteiger partial charge in [-0.2, -0.15) is 0 Å². The Morgan fingerprint density at radius 1 is 1.35 bits per heavy atom. The summed E-state index contributed by atoms with van der Waals surface area (Å²) in [5.41, 5.74) is 13.8. The summed E-state index contributed by atoms with van der Waals surface area (Å²) in [4.78, 5) is 33.1. The first-order valence-electron chi connectivity index (χ1n) is 7.34. The topological polar surface area (TPSA) is 124 Å². The highest BCUT2D eigenvalue weighted by Gasteiger charge is 2.21. The molecule has 0 aliphatic rings. The van der Waals surface area contributed by atoms with E-state index in [1.54, 1.807) is 12.1 Å². The molecule has 5 N–H and O–H groups in total. The second-order valence-corrected chi connectivity index (χ2v) is 7.54. The van der Waals surface area contributed by atoms with E-state index in [4.69, 9.17) is 11.5 Å². The Kier molecular flexibility index (Phi) is 5.44. The SMILES string of the molecule is CSc1nc(-c2cccc(NC(=O)CBr)c2)c2c(N)c(C(N)=O)sc2n1. The first kappa shape index (κ1) is 18.6. The number of thioether (sulfide) groups is 1. The molecule has 0 saturated heterocycles. The molecule has 3 rings (SSSR count). The third kappa shape index (κ3) is 3.53. The van der Waals surface area contributed by atoms with E-state index in [2.05, 4.69) is 31.2 Å². The third-order valence-corrected chi connectivity index (χ3v) is 5.69. The van der Waals surface area contributed by atoms with Crippen LogP contribution in [0.2, 0.25) is 0 Å². The second-order valence-electron chi connectivity index (χ2n) is 5.21. The number of nitrogen functional groups attached to an aromatic ring is 1. The number of anilines is 2. The van der Waals surface area contributed by atoms with Crippen molar-refractivity contribution >= 4 is 72.4 Å². The van der Waals surface area contributed by atoms with Crippen molar-refractivity contribution in [2.75, 3.05) is 22.6 Å². The average molecular weight is 452 g/mol. The number of halogens is 1. The van der Waals surface area contributed by atoms with Crippen LogP contribution in [0.3, 0.4) is 0 Å². The van der Waals surface area contributed by atoms with Crippen molar-refractivity contribution in [1.82, 2.24) is 9.97 Å². The van der Waals surface area contributed by atoms with Gasteiger partial charge in [-0.3, -0.25) is 9.59 Å². The summed E-state index contributed by atoms with van der Waals surface area (Å²) in [6.07, 6.45) is 1.86. The number of rotatable bonds is 5. The monoisotopic (exact) mass is 451 g/mol. The zero-order valence-electron chi connectivity index (χ0n) is 13.6. The molecule has 2 amide bonds. The Hall–Kier alpha value is -2.17. The van der Waals surface area contributed by atoms with Crippen LogP contribution in [0.4, 0.5) is 11.4 Å². The number of aromatic nitrogens is 2. The lowest BCUT2D eigenvalue weighted by molar-refractivity contribution is -0.113. The molecule has 2 heterocycles. The van der Waals surface area contributed by atoms with E-state index < -0.39 is 5.91 Å². The lowest BCUT2D eigenvalue weighted by Crippen LogP contribution is -2.12. The molecule has 26 heavy (non-hydrogen) atoms. The third-order valence-electron chi connectivity index (χ3n) is 3.52. The van der Waals surface area contributed by atoms with E-state index in [0.29, 0.717) is 26.8 Å². The van der Waals surface area contributed by atoms with E-state index >= 15 is 0 Å². The molecule has 0 fully saturated rings. The number of hydrogen-bond donors (Lipinski definition) is 3. The smallest absolute Gasteiger partial charge is 0.260 e. The lowest BCUT2D eigenvalue weighted by atomic mass is 10.1. The van der Waals surface area contributed by atoms with Crippen LogP contribution in [0.5, 0.6) is 0 Å². The standard InChI is InChI=1S/C16H14BrN5O2S2/c1-25-16-21-12(7-3-2-4-8(5-7)20-9(23)6-17)10-11(18)13(14(19)24)26-15(10)22-16/h2-5H,6,18H2,1H3,(H2,19,24)(H,20,23). The molecule has 0 atom stereocenters. The molecule has 134 valence electrons. The molecule has 0 aliphatic heterocycles. The molecule has 1 aromatic carbocycles. The molecule has 3 aromatic rings. The van der Waals surface area contributed by atoms with Crippen molar-refractivity contribution in [1.29, 1.82) is 0 Å². The summed E-state index contributed by atoms with van der Waals surface area (Å²) >= 11 is 5.65. The van der Waals surface area contributed by atoms with Gasteiger partial charge < -0.3 is 16.8 Å². The summed E-state index contributed by atoms with van der Waals surface area (Å²) in [6.45, 7) is 0. The first-order chi connectivity index (χ1) is 12.4. The molecule has 0 bridgehead atoms. The van der Waals surface area contributed by atoms with Crippen LogP contribution in [0.25, 0.3) is 21.5 Å². The van der Waals surface area contributed by atoms with Crippen molar-refractivity contribution in [3.8, 4) is 11.3 Å². The Balaban J connectivity index is 2.22. The van der Waals surface area contributed by atoms with Crippen LogP contribution in [-0.4, -0.2) is 33.4 Å². The van der Waals surface area contributed by atoms with E-state index in [0.717, 1.165) is 16.9 Å². The quantitative estimate of drug-likeness (QED) is 0.311. The van der Waals surface area contributed by atoms with Crippen LogP contribution in [-0.2, 0) is 4.79 Å². The zero-order valence-corrected chi connectivity index (χ0v) is 16.8. The van der Waals surface area contributed by atoms with Crippen molar-refractivity contribution in [2.45, 2.75) is 5.16 Å². The minimum absolute atomic E-state index is 0.161. The van der Waals surface area contributed by atoms with Gasteiger partial charge in [-0.15, -0.1) is 11.3 Å². The number of alkyl halides is 1. The second kappa shape index (κ2) is 7.60. The molecular formula is C16H14BrN5O2S2. The normalized spacial score (nSPS) is 10.8. The molecule has 0 radical (unpaired) electrons. The van der Waals surface area contributed by atoms with Gasteiger partial charge in [0.15, 0.2) is 5.16 Å². The Morgan fingerprint density at radius 3 is 2.77 bits per heavy atom. The fourth-order valence-electron chi connectivity index (χ4n) is 2.42. The van der Waals surface area contributed by atoms with Gasteiger partial charge in [-0.25, -0.2) is 9.97 Å². The Morgan fingerprint density at radius 2 is 2.12 bits per heavy atom. The molecule has 0 saturated carbocycles. The first-order valence-corrected chi connectivity index (χ1v) is 10.5. The van der Waals surface area contributed by atoms with Crippen LogP contribution in [0.15, 0.2) is 29.4 Å². The number of carbonyl (C=O) groups is 2. The van der Waals surface area contributed by atoms with Gasteiger partial charge in [0.05, 0.1) is 22.1 Å². The Labute approximate surface area is 165 Å². The van der Waals surface area contributed by atoms with Crippen LogP contribution >= 0.6 is 39.0 Å². The maximum absolute atomic E-state index is 11.6. The summed E-state index contributed by atoms with van der Waals surface area (Å²) in [7, 11) is 0.